The summed E-state index contributed by atoms with van der Waals surface area (Å²) in [4.78, 5) is 4.50. The summed E-state index contributed by atoms with van der Waals surface area (Å²) in [6.45, 7) is 9.62. The minimum atomic E-state index is 0.429. The zero-order valence-corrected chi connectivity index (χ0v) is 11.8. The Morgan fingerprint density at radius 1 is 1.44 bits per heavy atom. The largest absolute Gasteiger partial charge is 0.353 e. The first-order valence-electron chi connectivity index (χ1n) is 5.86. The zero-order valence-electron chi connectivity index (χ0n) is 10.9. The van der Waals surface area contributed by atoms with Gasteiger partial charge in [0.2, 0.25) is 5.95 Å². The van der Waals surface area contributed by atoms with Gasteiger partial charge in [-0.3, -0.25) is 0 Å². The van der Waals surface area contributed by atoms with E-state index in [9.17, 15) is 0 Å². The first-order chi connectivity index (χ1) is 7.52. The molecule has 16 heavy (non-hydrogen) atoms. The number of aromatic nitrogens is 2. The highest BCUT2D eigenvalue weighted by atomic mass is 32.2. The molecule has 1 rings (SSSR count). The molecule has 0 saturated carbocycles. The molecule has 4 heteroatoms. The van der Waals surface area contributed by atoms with Gasteiger partial charge in [0.15, 0.2) is 0 Å². The second-order valence-corrected chi connectivity index (χ2v) is 5.81. The van der Waals surface area contributed by atoms with Crippen molar-refractivity contribution in [2.24, 2.45) is 0 Å². The van der Waals surface area contributed by atoms with Crippen LogP contribution in [0.1, 0.15) is 32.9 Å². The van der Waals surface area contributed by atoms with Gasteiger partial charge in [-0.15, -0.1) is 0 Å². The average Bonchev–Trinajstić information content (AvgIpc) is 2.54. The van der Waals surface area contributed by atoms with Crippen LogP contribution in [0.2, 0.25) is 0 Å². The minimum absolute atomic E-state index is 0.429. The molecule has 1 unspecified atom stereocenters. The molecular weight excluding hydrogens is 218 g/mol. The molecule has 0 bridgehead atoms. The standard InChI is InChI=1S/C12H23N3S/c1-9(2)13-12-14-10(3)8-15(12)7-6-11(4)16-5/h8-9,11H,6-7H2,1-5H3,(H,13,14). The molecule has 3 nitrogen and oxygen atoms in total. The molecule has 0 aromatic carbocycles. The summed E-state index contributed by atoms with van der Waals surface area (Å²) in [5.74, 6) is 1.00. The van der Waals surface area contributed by atoms with Gasteiger partial charge in [0, 0.05) is 24.0 Å². The third kappa shape index (κ3) is 4.08. The van der Waals surface area contributed by atoms with Crippen LogP contribution in [0.25, 0.3) is 0 Å². The number of thioether (sulfide) groups is 1. The average molecular weight is 241 g/mol. The summed E-state index contributed by atoms with van der Waals surface area (Å²) in [5, 5.41) is 4.08. The number of rotatable bonds is 6. The summed E-state index contributed by atoms with van der Waals surface area (Å²) >= 11 is 1.92. The lowest BCUT2D eigenvalue weighted by Crippen LogP contribution is -2.15. The molecule has 1 aromatic rings. The molecule has 0 fully saturated rings. The fourth-order valence-corrected chi connectivity index (χ4v) is 1.87. The van der Waals surface area contributed by atoms with Gasteiger partial charge in [0.05, 0.1) is 5.69 Å². The van der Waals surface area contributed by atoms with Crippen molar-refractivity contribution in [3.05, 3.63) is 11.9 Å². The molecule has 1 aromatic heterocycles. The van der Waals surface area contributed by atoms with Crippen LogP contribution in [0, 0.1) is 6.92 Å². The van der Waals surface area contributed by atoms with Gasteiger partial charge in [-0.05, 0) is 33.4 Å². The Labute approximate surface area is 103 Å². The van der Waals surface area contributed by atoms with Gasteiger partial charge in [0.1, 0.15) is 0 Å². The molecule has 0 radical (unpaired) electrons. The second-order valence-electron chi connectivity index (χ2n) is 4.53. The molecule has 1 heterocycles. The van der Waals surface area contributed by atoms with E-state index < -0.39 is 0 Å². The predicted octanol–water partition coefficient (Wildman–Crippen LogP) is 3.15. The lowest BCUT2D eigenvalue weighted by Gasteiger charge is -2.13. The molecule has 0 amide bonds. The van der Waals surface area contributed by atoms with Crippen molar-refractivity contribution >= 4 is 17.7 Å². The maximum atomic E-state index is 4.50. The van der Waals surface area contributed by atoms with E-state index in [0.717, 1.165) is 18.2 Å². The Morgan fingerprint density at radius 3 is 2.69 bits per heavy atom. The highest BCUT2D eigenvalue weighted by molar-refractivity contribution is 7.99. The van der Waals surface area contributed by atoms with E-state index in [-0.39, 0.29) is 0 Å². The van der Waals surface area contributed by atoms with Gasteiger partial charge < -0.3 is 9.88 Å². The fourth-order valence-electron chi connectivity index (χ4n) is 1.53. The first kappa shape index (κ1) is 13.4. The molecule has 0 aliphatic heterocycles. The Kier molecular flexibility index (Phi) is 5.19. The highest BCUT2D eigenvalue weighted by Crippen LogP contribution is 2.15. The molecule has 0 aliphatic rings. The van der Waals surface area contributed by atoms with Gasteiger partial charge >= 0.3 is 0 Å². The van der Waals surface area contributed by atoms with Crippen molar-refractivity contribution in [3.8, 4) is 0 Å². The van der Waals surface area contributed by atoms with E-state index in [0.29, 0.717) is 11.3 Å². The number of aryl methyl sites for hydroxylation is 2. The normalized spacial score (nSPS) is 13.1. The van der Waals surface area contributed by atoms with Crippen molar-refractivity contribution in [1.82, 2.24) is 9.55 Å². The fraction of sp³-hybridized carbons (Fsp3) is 0.750. The number of hydrogen-bond acceptors (Lipinski definition) is 3. The van der Waals surface area contributed by atoms with Crippen LogP contribution in [-0.2, 0) is 6.54 Å². The summed E-state index contributed by atoms with van der Waals surface area (Å²) in [6, 6.07) is 0.429. The molecule has 92 valence electrons. The van der Waals surface area contributed by atoms with Crippen molar-refractivity contribution < 1.29 is 0 Å². The predicted molar refractivity (Wildman–Crippen MR) is 73.3 cm³/mol. The number of anilines is 1. The van der Waals surface area contributed by atoms with Crippen LogP contribution in [0.15, 0.2) is 6.20 Å². The van der Waals surface area contributed by atoms with Gasteiger partial charge in [-0.25, -0.2) is 4.98 Å². The molecule has 1 N–H and O–H groups in total. The minimum Gasteiger partial charge on any atom is -0.353 e. The van der Waals surface area contributed by atoms with Crippen molar-refractivity contribution in [1.29, 1.82) is 0 Å². The molecule has 0 spiro atoms. The third-order valence-electron chi connectivity index (χ3n) is 2.49. The zero-order chi connectivity index (χ0) is 12.1. The van der Waals surface area contributed by atoms with E-state index in [1.807, 2.05) is 18.7 Å². The van der Waals surface area contributed by atoms with E-state index in [2.05, 4.69) is 48.1 Å². The van der Waals surface area contributed by atoms with Crippen molar-refractivity contribution in [2.75, 3.05) is 11.6 Å². The molecule has 0 saturated heterocycles. The Balaban J connectivity index is 2.63. The Hall–Kier alpha value is -0.640. The van der Waals surface area contributed by atoms with Crippen LogP contribution < -0.4 is 5.32 Å². The number of nitrogens with one attached hydrogen (secondary N) is 1. The topological polar surface area (TPSA) is 29.9 Å². The van der Waals surface area contributed by atoms with Crippen LogP contribution in [0.4, 0.5) is 5.95 Å². The Bertz CT molecular complexity index is 320. The monoisotopic (exact) mass is 241 g/mol. The van der Waals surface area contributed by atoms with Crippen LogP contribution in [0.3, 0.4) is 0 Å². The summed E-state index contributed by atoms with van der Waals surface area (Å²) in [7, 11) is 0. The van der Waals surface area contributed by atoms with Crippen LogP contribution in [0.5, 0.6) is 0 Å². The number of hydrogen-bond donors (Lipinski definition) is 1. The smallest absolute Gasteiger partial charge is 0.203 e. The van der Waals surface area contributed by atoms with Gasteiger partial charge in [0.25, 0.3) is 0 Å². The van der Waals surface area contributed by atoms with Crippen molar-refractivity contribution in [3.63, 3.8) is 0 Å². The van der Waals surface area contributed by atoms with Gasteiger partial charge in [-0.1, -0.05) is 6.92 Å². The summed E-state index contributed by atoms with van der Waals surface area (Å²) in [5.41, 5.74) is 1.08. The van der Waals surface area contributed by atoms with Crippen molar-refractivity contribution in [2.45, 2.75) is 52.0 Å². The lowest BCUT2D eigenvalue weighted by atomic mass is 10.3. The molecule has 0 aliphatic carbocycles. The van der Waals surface area contributed by atoms with E-state index in [1.54, 1.807) is 0 Å². The summed E-state index contributed by atoms with van der Waals surface area (Å²) in [6.07, 6.45) is 5.47. The van der Waals surface area contributed by atoms with E-state index in [4.69, 9.17) is 0 Å². The SMILES string of the molecule is CSC(C)CCn1cc(C)nc1NC(C)C. The summed E-state index contributed by atoms with van der Waals surface area (Å²) < 4.78 is 2.22. The molecule has 1 atom stereocenters. The number of nitrogens with zero attached hydrogens (tertiary/aromatic N) is 2. The first-order valence-corrected chi connectivity index (χ1v) is 7.14. The molecular formula is C12H23N3S. The third-order valence-corrected chi connectivity index (χ3v) is 3.53. The van der Waals surface area contributed by atoms with E-state index in [1.165, 1.54) is 6.42 Å². The second kappa shape index (κ2) is 6.18. The van der Waals surface area contributed by atoms with Crippen LogP contribution in [-0.4, -0.2) is 27.1 Å². The quantitative estimate of drug-likeness (QED) is 0.829. The van der Waals surface area contributed by atoms with Crippen LogP contribution >= 0.6 is 11.8 Å². The maximum Gasteiger partial charge on any atom is 0.203 e. The Morgan fingerprint density at radius 2 is 2.12 bits per heavy atom. The van der Waals surface area contributed by atoms with Gasteiger partial charge in [-0.2, -0.15) is 11.8 Å². The maximum absolute atomic E-state index is 4.50. The highest BCUT2D eigenvalue weighted by Gasteiger charge is 2.07. The number of imidazole rings is 1. The lowest BCUT2D eigenvalue weighted by molar-refractivity contribution is 0.639. The van der Waals surface area contributed by atoms with E-state index >= 15 is 0 Å².